The molecule has 2 aromatic rings. The standard InChI is InChI=1S/C21H17ClF2N4O3/c1-2-5-30-12-3-4-16(26-9-12)19(29)27-11-6-14(18(22)15(24)7-11)21(10-23)13-8-17(13)31-20(25)28-21/h1,3-4,6-7,9,13,17H,5,8,10H2,(H2,25,28)(H,27,29)/t13-,17+,21-/m1/s1. The lowest BCUT2D eigenvalue weighted by Crippen LogP contribution is -2.39. The van der Waals surface area contributed by atoms with Crippen LogP contribution in [0.3, 0.4) is 0 Å². The van der Waals surface area contributed by atoms with Gasteiger partial charge in [0.1, 0.15) is 42.2 Å². The van der Waals surface area contributed by atoms with Crippen LogP contribution < -0.4 is 15.8 Å². The second kappa shape index (κ2) is 8.04. The molecule has 0 unspecified atom stereocenters. The van der Waals surface area contributed by atoms with Gasteiger partial charge in [0.05, 0.1) is 11.2 Å². The number of aliphatic imine (C=N–C) groups is 1. The molecule has 1 amide bonds. The molecule has 7 nitrogen and oxygen atoms in total. The highest BCUT2D eigenvalue weighted by Gasteiger charge is 2.60. The van der Waals surface area contributed by atoms with Crippen molar-refractivity contribution in [2.75, 3.05) is 18.6 Å². The number of halogens is 3. The van der Waals surface area contributed by atoms with Gasteiger partial charge in [-0.3, -0.25) is 4.79 Å². The largest absolute Gasteiger partial charge is 0.479 e. The van der Waals surface area contributed by atoms with Gasteiger partial charge < -0.3 is 20.5 Å². The van der Waals surface area contributed by atoms with Crippen molar-refractivity contribution >= 4 is 29.2 Å². The number of amides is 1. The molecule has 31 heavy (non-hydrogen) atoms. The lowest BCUT2D eigenvalue weighted by molar-refractivity contribution is 0.102. The Kier molecular flexibility index (Phi) is 5.41. The summed E-state index contributed by atoms with van der Waals surface area (Å²) in [5.41, 5.74) is 4.44. The molecule has 0 spiro atoms. The number of amidine groups is 1. The van der Waals surface area contributed by atoms with Crippen LogP contribution in [0.5, 0.6) is 5.75 Å². The normalized spacial score (nSPS) is 23.6. The number of hydrogen-bond donors (Lipinski definition) is 2. The van der Waals surface area contributed by atoms with Gasteiger partial charge in [-0.25, -0.2) is 18.8 Å². The number of nitrogens with one attached hydrogen (secondary N) is 1. The van der Waals surface area contributed by atoms with Crippen molar-refractivity contribution in [3.05, 3.63) is 52.6 Å². The van der Waals surface area contributed by atoms with Crippen LogP contribution in [-0.4, -0.2) is 36.3 Å². The summed E-state index contributed by atoms with van der Waals surface area (Å²) in [5, 5.41) is 2.26. The smallest absolute Gasteiger partial charge is 0.283 e. The van der Waals surface area contributed by atoms with Crippen LogP contribution in [0.15, 0.2) is 35.5 Å². The third-order valence-corrected chi connectivity index (χ3v) is 5.56. The number of nitrogens with zero attached hydrogens (tertiary/aromatic N) is 2. The number of alkyl halides is 1. The molecule has 1 fully saturated rings. The van der Waals surface area contributed by atoms with Gasteiger partial charge in [-0.05, 0) is 30.7 Å². The summed E-state index contributed by atoms with van der Waals surface area (Å²) in [6.45, 7) is -0.883. The Balaban J connectivity index is 1.62. The minimum atomic E-state index is -1.47. The fraction of sp³-hybridized carbons (Fsp3) is 0.286. The van der Waals surface area contributed by atoms with Crippen LogP contribution >= 0.6 is 11.6 Å². The first kappa shape index (κ1) is 20.9. The zero-order chi connectivity index (χ0) is 22.2. The van der Waals surface area contributed by atoms with E-state index in [4.69, 9.17) is 33.2 Å². The molecule has 1 aliphatic heterocycles. The van der Waals surface area contributed by atoms with E-state index in [1.807, 2.05) is 0 Å². The van der Waals surface area contributed by atoms with Crippen molar-refractivity contribution in [1.82, 2.24) is 4.98 Å². The molecular weight excluding hydrogens is 430 g/mol. The van der Waals surface area contributed by atoms with Crippen LogP contribution in [0.2, 0.25) is 5.02 Å². The number of fused-ring (bicyclic) bond motifs is 1. The number of benzene rings is 1. The number of hydrogen-bond acceptors (Lipinski definition) is 6. The number of anilines is 1. The first-order valence-electron chi connectivity index (χ1n) is 9.29. The van der Waals surface area contributed by atoms with Crippen LogP contribution in [0, 0.1) is 24.1 Å². The maximum absolute atomic E-state index is 14.6. The lowest BCUT2D eigenvalue weighted by atomic mass is 9.85. The van der Waals surface area contributed by atoms with E-state index < -0.39 is 23.9 Å². The molecule has 1 saturated carbocycles. The van der Waals surface area contributed by atoms with Crippen molar-refractivity contribution in [3.63, 3.8) is 0 Å². The molecule has 10 heteroatoms. The fourth-order valence-electron chi connectivity index (χ4n) is 3.62. The quantitative estimate of drug-likeness (QED) is 0.664. The number of aromatic nitrogens is 1. The van der Waals surface area contributed by atoms with E-state index in [-0.39, 0.29) is 46.6 Å². The van der Waals surface area contributed by atoms with Crippen molar-refractivity contribution in [1.29, 1.82) is 0 Å². The summed E-state index contributed by atoms with van der Waals surface area (Å²) < 4.78 is 39.4. The van der Waals surface area contributed by atoms with Crippen LogP contribution in [-0.2, 0) is 10.3 Å². The number of ether oxygens (including phenoxy) is 2. The Bertz CT molecular complexity index is 1100. The first-order valence-corrected chi connectivity index (χ1v) is 9.67. The summed E-state index contributed by atoms with van der Waals surface area (Å²) in [5.74, 6) is 0.951. The Morgan fingerprint density at radius 3 is 2.97 bits per heavy atom. The van der Waals surface area contributed by atoms with E-state index >= 15 is 0 Å². The Hall–Kier alpha value is -3.38. The first-order chi connectivity index (χ1) is 14.9. The topological polar surface area (TPSA) is 98.8 Å². The van der Waals surface area contributed by atoms with Crippen molar-refractivity contribution in [3.8, 4) is 18.1 Å². The third kappa shape index (κ3) is 3.86. The minimum absolute atomic E-state index is 0.0563. The molecule has 2 heterocycles. The molecule has 0 saturated heterocycles. The molecule has 4 rings (SSSR count). The van der Waals surface area contributed by atoms with E-state index in [1.165, 1.54) is 24.4 Å². The number of carbonyl (C=O) groups excluding carboxylic acids is 1. The van der Waals surface area contributed by atoms with E-state index in [9.17, 15) is 13.6 Å². The average molecular weight is 447 g/mol. The molecule has 3 N–H and O–H groups in total. The third-order valence-electron chi connectivity index (χ3n) is 5.17. The average Bonchev–Trinajstić information content (AvgIpc) is 3.54. The number of carbonyl (C=O) groups is 1. The molecular formula is C21H17ClF2N4O3. The summed E-state index contributed by atoms with van der Waals surface area (Å²) >= 11 is 6.17. The Morgan fingerprint density at radius 1 is 1.48 bits per heavy atom. The zero-order valence-electron chi connectivity index (χ0n) is 16.1. The van der Waals surface area contributed by atoms with E-state index in [2.05, 4.69) is 21.2 Å². The maximum atomic E-state index is 14.6. The van der Waals surface area contributed by atoms with Gasteiger partial charge in [0.2, 0.25) is 0 Å². The van der Waals surface area contributed by atoms with E-state index in [0.29, 0.717) is 12.2 Å². The zero-order valence-corrected chi connectivity index (χ0v) is 16.8. The highest BCUT2D eigenvalue weighted by atomic mass is 35.5. The molecule has 160 valence electrons. The van der Waals surface area contributed by atoms with Gasteiger partial charge in [0.25, 0.3) is 11.9 Å². The molecule has 2 aliphatic rings. The van der Waals surface area contributed by atoms with Gasteiger partial charge in [0.15, 0.2) is 0 Å². The summed E-state index contributed by atoms with van der Waals surface area (Å²) in [6.07, 6.45) is 6.67. The van der Waals surface area contributed by atoms with Gasteiger partial charge in [-0.2, -0.15) is 0 Å². The van der Waals surface area contributed by atoms with Gasteiger partial charge >= 0.3 is 0 Å². The van der Waals surface area contributed by atoms with Crippen LogP contribution in [0.1, 0.15) is 22.5 Å². The van der Waals surface area contributed by atoms with Gasteiger partial charge in [0, 0.05) is 17.2 Å². The Morgan fingerprint density at radius 2 is 2.29 bits per heavy atom. The lowest BCUT2D eigenvalue weighted by Gasteiger charge is -2.32. The number of nitrogens with two attached hydrogens (primary N) is 1. The molecule has 1 aromatic carbocycles. The number of rotatable bonds is 6. The SMILES string of the molecule is C#CCOc1ccc(C(=O)Nc2cc(F)c(Cl)c([C@]3(CF)N=C(N)O[C@H]4C[C@H]43)c2)nc1. The van der Waals surface area contributed by atoms with Crippen LogP contribution in [0.4, 0.5) is 14.5 Å². The van der Waals surface area contributed by atoms with E-state index in [1.54, 1.807) is 0 Å². The summed E-state index contributed by atoms with van der Waals surface area (Å²) in [4.78, 5) is 20.7. The molecule has 1 aromatic heterocycles. The number of terminal acetylenes is 1. The second-order valence-corrected chi connectivity index (χ2v) is 7.53. The van der Waals surface area contributed by atoms with Crippen molar-refractivity contribution in [2.24, 2.45) is 16.6 Å². The predicted octanol–water partition coefficient (Wildman–Crippen LogP) is 3.04. The molecule has 1 aliphatic carbocycles. The highest BCUT2D eigenvalue weighted by Crippen LogP contribution is 2.54. The van der Waals surface area contributed by atoms with Gasteiger partial charge in [-0.15, -0.1) is 6.42 Å². The minimum Gasteiger partial charge on any atom is -0.479 e. The highest BCUT2D eigenvalue weighted by molar-refractivity contribution is 6.31. The monoisotopic (exact) mass is 446 g/mol. The molecule has 0 bridgehead atoms. The molecule has 0 radical (unpaired) electrons. The van der Waals surface area contributed by atoms with E-state index in [0.717, 1.165) is 6.07 Å². The van der Waals surface area contributed by atoms with Crippen LogP contribution in [0.25, 0.3) is 0 Å². The predicted molar refractivity (Wildman–Crippen MR) is 110 cm³/mol. The van der Waals surface area contributed by atoms with Crippen molar-refractivity contribution in [2.45, 2.75) is 18.1 Å². The van der Waals surface area contributed by atoms with Crippen molar-refractivity contribution < 1.29 is 23.0 Å². The fourth-order valence-corrected chi connectivity index (χ4v) is 3.90. The maximum Gasteiger partial charge on any atom is 0.283 e. The Labute approximate surface area is 181 Å². The summed E-state index contributed by atoms with van der Waals surface area (Å²) in [7, 11) is 0. The summed E-state index contributed by atoms with van der Waals surface area (Å²) in [6, 6.07) is 5.20. The second-order valence-electron chi connectivity index (χ2n) is 7.15. The van der Waals surface area contributed by atoms with Gasteiger partial charge in [-0.1, -0.05) is 17.5 Å². The molecule has 3 atom stereocenters. The number of pyridine rings is 1.